The van der Waals surface area contributed by atoms with E-state index in [9.17, 15) is 9.46 Å². The summed E-state index contributed by atoms with van der Waals surface area (Å²) in [6, 6.07) is 0. The molecular weight excluding hydrogens is 492 g/mol. The molecule has 35 heavy (non-hydrogen) atoms. The van der Waals surface area contributed by atoms with Crippen LogP contribution in [0.3, 0.4) is 0 Å². The third-order valence-electron chi connectivity index (χ3n) is 5.78. The van der Waals surface area contributed by atoms with Crippen molar-refractivity contribution in [1.29, 1.82) is 0 Å². The predicted molar refractivity (Wildman–Crippen MR) is 145 cm³/mol. The molecule has 0 aliphatic heterocycles. The summed E-state index contributed by atoms with van der Waals surface area (Å²) < 4.78 is 28.3. The maximum absolute atomic E-state index is 12.0. The number of ether oxygens (including phenoxy) is 1. The van der Waals surface area contributed by atoms with Crippen molar-refractivity contribution in [2.75, 3.05) is 59.0 Å². The van der Waals surface area contributed by atoms with Gasteiger partial charge in [0.25, 0.3) is 7.82 Å². The molecule has 2 unspecified atom stereocenters. The first-order valence-corrected chi connectivity index (χ1v) is 16.4. The quantitative estimate of drug-likeness (QED) is 0.0709. The van der Waals surface area contributed by atoms with E-state index in [2.05, 4.69) is 6.92 Å². The molecule has 0 saturated carbocycles. The van der Waals surface area contributed by atoms with E-state index in [0.717, 1.165) is 11.5 Å². The summed E-state index contributed by atoms with van der Waals surface area (Å²) in [7, 11) is 1.68. The molecule has 0 rings (SSSR count). The molecule has 0 aromatic heterocycles. The molecule has 206 valence electrons. The number of hydrogen-bond acceptors (Lipinski definition) is 6. The van der Waals surface area contributed by atoms with E-state index in [4.69, 9.17) is 13.8 Å². The summed E-state index contributed by atoms with van der Waals surface area (Å²) in [5, 5.41) is 0. The van der Waals surface area contributed by atoms with Gasteiger partial charge in [0.15, 0.2) is 0 Å². The van der Waals surface area contributed by atoms with Gasteiger partial charge in [-0.25, -0.2) is 0 Å². The van der Waals surface area contributed by atoms with Crippen LogP contribution in [0.15, 0.2) is 0 Å². The summed E-state index contributed by atoms with van der Waals surface area (Å²) in [6.07, 6.45) is 18.9. The second-order valence-corrected chi connectivity index (χ2v) is 12.9. The number of nitrogens with zero attached hydrogens (tertiary/aromatic N) is 1. The second-order valence-electron chi connectivity index (χ2n) is 10.3. The molecule has 0 bridgehead atoms. The molecule has 0 aromatic carbocycles. The van der Waals surface area contributed by atoms with Crippen LogP contribution in [0.25, 0.3) is 0 Å². The van der Waals surface area contributed by atoms with Crippen LogP contribution in [0, 0.1) is 0 Å². The normalized spacial score (nSPS) is 14.5. The van der Waals surface area contributed by atoms with E-state index in [1.807, 2.05) is 39.8 Å². The van der Waals surface area contributed by atoms with Crippen LogP contribution in [0.2, 0.25) is 0 Å². The van der Waals surface area contributed by atoms with Crippen LogP contribution >= 0.6 is 19.6 Å². The minimum atomic E-state index is -4.28. The summed E-state index contributed by atoms with van der Waals surface area (Å²) in [4.78, 5) is 12.0. The largest absolute Gasteiger partial charge is 1.00 e. The van der Waals surface area contributed by atoms with Gasteiger partial charge in [0.2, 0.25) is 0 Å². The molecule has 0 aliphatic carbocycles. The zero-order chi connectivity index (χ0) is 25.5. The molecular formula is C26H56NNaO5PS+. The van der Waals surface area contributed by atoms with Crippen molar-refractivity contribution in [1.82, 2.24) is 0 Å². The molecule has 6 nitrogen and oxygen atoms in total. The van der Waals surface area contributed by atoms with E-state index >= 15 is 0 Å². The van der Waals surface area contributed by atoms with Crippen molar-refractivity contribution in [3.05, 3.63) is 0 Å². The van der Waals surface area contributed by atoms with Gasteiger partial charge in [0, 0.05) is 12.4 Å². The number of quaternary nitrogens is 1. The Morgan fingerprint density at radius 2 is 1.29 bits per heavy atom. The van der Waals surface area contributed by atoms with E-state index in [1.165, 1.54) is 89.9 Å². The Hall–Kier alpha value is 1.38. The molecule has 0 spiro atoms. The topological polar surface area (TPSA) is 67.8 Å². The molecule has 0 aliphatic rings. The van der Waals surface area contributed by atoms with Gasteiger partial charge >= 0.3 is 29.6 Å². The van der Waals surface area contributed by atoms with Crippen molar-refractivity contribution in [3.63, 3.8) is 0 Å². The minimum Gasteiger partial charge on any atom is -0.756 e. The van der Waals surface area contributed by atoms with Gasteiger partial charge in [-0.2, -0.15) is 11.8 Å². The fourth-order valence-corrected chi connectivity index (χ4v) is 5.39. The zero-order valence-electron chi connectivity index (χ0n) is 24.1. The molecule has 2 atom stereocenters. The van der Waals surface area contributed by atoms with Crippen LogP contribution < -0.4 is 34.5 Å². The Labute approximate surface area is 244 Å². The Kier molecular flexibility index (Phi) is 28.2. The fraction of sp³-hybridized carbons (Fsp3) is 1.00. The number of phosphoric acid groups is 1. The first kappa shape index (κ1) is 38.5. The van der Waals surface area contributed by atoms with Gasteiger partial charge in [-0.15, -0.1) is 0 Å². The molecule has 9 heteroatoms. The average Bonchev–Trinajstić information content (AvgIpc) is 2.76. The molecule has 0 N–H and O–H groups in total. The van der Waals surface area contributed by atoms with Gasteiger partial charge in [-0.05, 0) is 19.1 Å². The number of rotatable bonds is 26. The predicted octanol–water partition coefficient (Wildman–Crippen LogP) is 3.82. The Morgan fingerprint density at radius 1 is 0.800 bits per heavy atom. The number of likely N-dealkylation sites (N-methyl/N-ethyl adjacent to an activating group) is 1. The summed E-state index contributed by atoms with van der Waals surface area (Å²) in [5.74, 6) is 1.82. The van der Waals surface area contributed by atoms with Crippen LogP contribution in [0.4, 0.5) is 0 Å². The van der Waals surface area contributed by atoms with Crippen LogP contribution in [-0.2, 0) is 18.3 Å². The number of phosphoric ester groups is 1. The number of thioether (sulfide) groups is 1. The van der Waals surface area contributed by atoms with Gasteiger partial charge in [-0.3, -0.25) is 4.57 Å². The maximum atomic E-state index is 12.0. The first-order chi connectivity index (χ1) is 16.2. The Balaban J connectivity index is 0. The fourth-order valence-electron chi connectivity index (χ4n) is 3.63. The third kappa shape index (κ3) is 29.8. The van der Waals surface area contributed by atoms with Gasteiger partial charge < -0.3 is 23.2 Å². The monoisotopic (exact) mass is 548 g/mol. The third-order valence-corrected chi connectivity index (χ3v) is 7.93. The first-order valence-electron chi connectivity index (χ1n) is 13.8. The van der Waals surface area contributed by atoms with Crippen LogP contribution in [-0.4, -0.2) is 69.6 Å². The van der Waals surface area contributed by atoms with Crippen molar-refractivity contribution in [2.45, 2.75) is 110 Å². The molecule has 0 saturated heterocycles. The van der Waals surface area contributed by atoms with Crippen LogP contribution in [0.5, 0.6) is 0 Å². The summed E-state index contributed by atoms with van der Waals surface area (Å²) in [6.45, 7) is 5.47. The molecule has 0 fully saturated rings. The smallest absolute Gasteiger partial charge is 0.756 e. The molecule has 0 radical (unpaired) electrons. The zero-order valence-corrected chi connectivity index (χ0v) is 27.8. The van der Waals surface area contributed by atoms with E-state index in [0.29, 0.717) is 17.6 Å². The standard InChI is InChI=1S/C26H56NO5PS.Na/c1-6-8-9-10-11-12-13-14-15-16-17-18-19-20-23-34-25-26(30-7-2)24-32-33(28,29)31-22-21-27(3,4)5;/h26H,6-25H2,1-5H3;/q;+1. The molecule has 0 heterocycles. The van der Waals surface area contributed by atoms with Crippen molar-refractivity contribution >= 4 is 19.6 Å². The Morgan fingerprint density at radius 3 is 1.74 bits per heavy atom. The second kappa shape index (κ2) is 25.6. The van der Waals surface area contributed by atoms with Crippen LogP contribution in [0.1, 0.15) is 104 Å². The minimum absolute atomic E-state index is 0. The van der Waals surface area contributed by atoms with Gasteiger partial charge in [0.1, 0.15) is 13.2 Å². The maximum Gasteiger partial charge on any atom is 1.00 e. The van der Waals surface area contributed by atoms with Crippen molar-refractivity contribution in [3.8, 4) is 0 Å². The van der Waals surface area contributed by atoms with Crippen molar-refractivity contribution in [2.24, 2.45) is 0 Å². The van der Waals surface area contributed by atoms with E-state index in [1.54, 1.807) is 0 Å². The SMILES string of the molecule is CCCCCCCCCCCCCCCCSCC(COP(=O)([O-])OCC[N+](C)(C)C)OCC.[Na+]. The molecule has 0 amide bonds. The summed E-state index contributed by atoms with van der Waals surface area (Å²) >= 11 is 1.82. The average molecular weight is 549 g/mol. The van der Waals surface area contributed by atoms with E-state index in [-0.39, 0.29) is 48.9 Å². The molecule has 0 aromatic rings. The van der Waals surface area contributed by atoms with Crippen molar-refractivity contribution < 1.29 is 57.3 Å². The number of hydrogen-bond donors (Lipinski definition) is 0. The number of unbranched alkanes of at least 4 members (excludes halogenated alkanes) is 13. The summed E-state index contributed by atoms with van der Waals surface area (Å²) in [5.41, 5.74) is 0. The Bertz CT molecular complexity index is 497. The van der Waals surface area contributed by atoms with E-state index < -0.39 is 7.82 Å². The van der Waals surface area contributed by atoms with Gasteiger partial charge in [0.05, 0.1) is 33.9 Å². The van der Waals surface area contributed by atoms with Gasteiger partial charge in [-0.1, -0.05) is 90.4 Å².